The number of carbonyl (C=O) groups is 1. The van der Waals surface area contributed by atoms with Gasteiger partial charge in [0.1, 0.15) is 5.82 Å². The van der Waals surface area contributed by atoms with Crippen molar-refractivity contribution in [2.45, 2.75) is 20.3 Å². The number of anilines is 1. The van der Waals surface area contributed by atoms with E-state index in [0.717, 1.165) is 59.1 Å². The molecule has 1 saturated heterocycles. The zero-order chi connectivity index (χ0) is 24.2. The van der Waals surface area contributed by atoms with Gasteiger partial charge in [-0.2, -0.15) is 0 Å². The quantitative estimate of drug-likeness (QED) is 0.403. The van der Waals surface area contributed by atoms with E-state index in [1.807, 2.05) is 72.5 Å². The molecule has 176 valence electrons. The first kappa shape index (κ1) is 22.8. The molecule has 5 heteroatoms. The van der Waals surface area contributed by atoms with Crippen molar-refractivity contribution < 1.29 is 4.79 Å². The summed E-state index contributed by atoms with van der Waals surface area (Å²) in [5.41, 5.74) is 6.20. The number of hydrogen-bond donors (Lipinski definition) is 0. The summed E-state index contributed by atoms with van der Waals surface area (Å²) in [7, 11) is 0. The van der Waals surface area contributed by atoms with Crippen LogP contribution in [0.4, 0.5) is 5.82 Å². The monoisotopic (exact) mass is 462 g/mol. The third-order valence-corrected chi connectivity index (χ3v) is 6.69. The lowest BCUT2D eigenvalue weighted by Crippen LogP contribution is -2.49. The Morgan fingerprint density at radius 3 is 2.09 bits per heavy atom. The molecular formula is C30H30N4O. The number of hydrogen-bond acceptors (Lipinski definition) is 4. The fourth-order valence-electron chi connectivity index (χ4n) is 4.67. The second-order valence-electron chi connectivity index (χ2n) is 9.06. The molecule has 0 bridgehead atoms. The molecule has 5 nitrogen and oxygen atoms in total. The number of rotatable bonds is 5. The summed E-state index contributed by atoms with van der Waals surface area (Å²) in [6.45, 7) is 6.89. The van der Waals surface area contributed by atoms with E-state index >= 15 is 0 Å². The van der Waals surface area contributed by atoms with E-state index in [2.05, 4.69) is 36.1 Å². The van der Waals surface area contributed by atoms with Gasteiger partial charge in [-0.15, -0.1) is 0 Å². The number of piperazine rings is 1. The molecule has 0 radical (unpaired) electrons. The first-order valence-electron chi connectivity index (χ1n) is 12.2. The van der Waals surface area contributed by atoms with E-state index in [0.29, 0.717) is 13.1 Å². The number of amides is 1. The van der Waals surface area contributed by atoms with Crippen LogP contribution in [-0.2, 0) is 6.42 Å². The van der Waals surface area contributed by atoms with Crippen LogP contribution in [0.2, 0.25) is 0 Å². The lowest BCUT2D eigenvalue weighted by molar-refractivity contribution is 0.0745. The molecule has 2 heterocycles. The number of benzene rings is 3. The molecule has 1 amide bonds. The molecule has 0 unspecified atom stereocenters. The summed E-state index contributed by atoms with van der Waals surface area (Å²) >= 11 is 0. The SMILES string of the molecule is Cc1ccccc1C(=O)N1CCN(c2nc(-c3ccccc3)nc(C)c2Cc2ccccc2)CC1. The van der Waals surface area contributed by atoms with Gasteiger partial charge in [-0.05, 0) is 31.0 Å². The van der Waals surface area contributed by atoms with E-state index in [4.69, 9.17) is 9.97 Å². The van der Waals surface area contributed by atoms with Gasteiger partial charge in [-0.1, -0.05) is 78.9 Å². The van der Waals surface area contributed by atoms with Crippen molar-refractivity contribution in [3.05, 3.63) is 113 Å². The van der Waals surface area contributed by atoms with Gasteiger partial charge in [0, 0.05) is 55.0 Å². The van der Waals surface area contributed by atoms with Crippen molar-refractivity contribution in [2.75, 3.05) is 31.1 Å². The van der Waals surface area contributed by atoms with Gasteiger partial charge in [0.2, 0.25) is 0 Å². The van der Waals surface area contributed by atoms with Crippen LogP contribution in [0.15, 0.2) is 84.9 Å². The number of carbonyl (C=O) groups excluding carboxylic acids is 1. The van der Waals surface area contributed by atoms with Gasteiger partial charge in [0.05, 0.1) is 0 Å². The topological polar surface area (TPSA) is 49.3 Å². The minimum absolute atomic E-state index is 0.108. The molecule has 1 aliphatic rings. The van der Waals surface area contributed by atoms with Crippen LogP contribution in [0.25, 0.3) is 11.4 Å². The Hall–Kier alpha value is -3.99. The van der Waals surface area contributed by atoms with E-state index in [1.54, 1.807) is 0 Å². The fraction of sp³-hybridized carbons (Fsp3) is 0.233. The molecule has 1 fully saturated rings. The second kappa shape index (κ2) is 10.1. The maximum absolute atomic E-state index is 13.1. The summed E-state index contributed by atoms with van der Waals surface area (Å²) < 4.78 is 0. The predicted octanol–water partition coefficient (Wildman–Crippen LogP) is 5.31. The molecule has 1 aromatic heterocycles. The van der Waals surface area contributed by atoms with Crippen molar-refractivity contribution in [1.29, 1.82) is 0 Å². The van der Waals surface area contributed by atoms with Crippen LogP contribution in [0.3, 0.4) is 0 Å². The fourth-order valence-corrected chi connectivity index (χ4v) is 4.67. The van der Waals surface area contributed by atoms with Gasteiger partial charge in [-0.3, -0.25) is 4.79 Å². The van der Waals surface area contributed by atoms with E-state index < -0.39 is 0 Å². The highest BCUT2D eigenvalue weighted by Gasteiger charge is 2.26. The van der Waals surface area contributed by atoms with E-state index in [-0.39, 0.29) is 5.91 Å². The Morgan fingerprint density at radius 1 is 0.771 bits per heavy atom. The summed E-state index contributed by atoms with van der Waals surface area (Å²) in [5, 5.41) is 0. The highest BCUT2D eigenvalue weighted by molar-refractivity contribution is 5.95. The summed E-state index contributed by atoms with van der Waals surface area (Å²) in [5.74, 6) is 1.83. The maximum atomic E-state index is 13.1. The Bertz CT molecular complexity index is 1310. The number of nitrogens with zero attached hydrogens (tertiary/aromatic N) is 4. The maximum Gasteiger partial charge on any atom is 0.254 e. The molecule has 0 saturated carbocycles. The second-order valence-corrected chi connectivity index (χ2v) is 9.06. The molecule has 0 spiro atoms. The molecule has 5 rings (SSSR count). The summed E-state index contributed by atoms with van der Waals surface area (Å²) in [6, 6.07) is 28.4. The molecule has 35 heavy (non-hydrogen) atoms. The lowest BCUT2D eigenvalue weighted by Gasteiger charge is -2.37. The van der Waals surface area contributed by atoms with Gasteiger partial charge < -0.3 is 9.80 Å². The minimum atomic E-state index is 0.108. The Morgan fingerprint density at radius 2 is 1.40 bits per heavy atom. The molecule has 3 aromatic carbocycles. The average molecular weight is 463 g/mol. The first-order valence-corrected chi connectivity index (χ1v) is 12.2. The summed E-state index contributed by atoms with van der Waals surface area (Å²) in [6.07, 6.45) is 0.777. The van der Waals surface area contributed by atoms with Crippen LogP contribution in [0.5, 0.6) is 0 Å². The van der Waals surface area contributed by atoms with Crippen LogP contribution >= 0.6 is 0 Å². The highest BCUT2D eigenvalue weighted by atomic mass is 16.2. The molecular weight excluding hydrogens is 432 g/mol. The third-order valence-electron chi connectivity index (χ3n) is 6.69. The zero-order valence-corrected chi connectivity index (χ0v) is 20.3. The largest absolute Gasteiger partial charge is 0.353 e. The Balaban J connectivity index is 1.44. The molecule has 4 aromatic rings. The van der Waals surface area contributed by atoms with Gasteiger partial charge >= 0.3 is 0 Å². The lowest BCUT2D eigenvalue weighted by atomic mass is 10.0. The van der Waals surface area contributed by atoms with Crippen molar-refractivity contribution in [3.8, 4) is 11.4 Å². The normalized spacial score (nSPS) is 13.7. The standard InChI is InChI=1S/C30H30N4O/c1-22-11-9-10-16-26(22)30(35)34-19-17-33(18-20-34)29-27(21-24-12-5-3-6-13-24)23(2)31-28(32-29)25-14-7-4-8-15-25/h3-16H,17-21H2,1-2H3. The van der Waals surface area contributed by atoms with Crippen LogP contribution in [0.1, 0.15) is 32.7 Å². The molecule has 1 aliphatic heterocycles. The molecule has 0 aliphatic carbocycles. The van der Waals surface area contributed by atoms with E-state index in [1.165, 1.54) is 5.56 Å². The van der Waals surface area contributed by atoms with Crippen LogP contribution in [-0.4, -0.2) is 47.0 Å². The average Bonchev–Trinajstić information content (AvgIpc) is 2.91. The van der Waals surface area contributed by atoms with Crippen LogP contribution in [0, 0.1) is 13.8 Å². The van der Waals surface area contributed by atoms with Crippen LogP contribution < -0.4 is 4.90 Å². The van der Waals surface area contributed by atoms with Gasteiger partial charge in [0.15, 0.2) is 5.82 Å². The smallest absolute Gasteiger partial charge is 0.254 e. The van der Waals surface area contributed by atoms with Gasteiger partial charge in [-0.25, -0.2) is 9.97 Å². The molecule has 0 N–H and O–H groups in total. The molecule has 0 atom stereocenters. The zero-order valence-electron chi connectivity index (χ0n) is 20.3. The highest BCUT2D eigenvalue weighted by Crippen LogP contribution is 2.28. The summed E-state index contributed by atoms with van der Waals surface area (Å²) in [4.78, 5) is 27.4. The van der Waals surface area contributed by atoms with Gasteiger partial charge in [0.25, 0.3) is 5.91 Å². The minimum Gasteiger partial charge on any atom is -0.353 e. The van der Waals surface area contributed by atoms with Crippen molar-refractivity contribution in [1.82, 2.24) is 14.9 Å². The Labute approximate surface area is 207 Å². The number of aromatic nitrogens is 2. The van der Waals surface area contributed by atoms with E-state index in [9.17, 15) is 4.79 Å². The Kier molecular flexibility index (Phi) is 6.57. The number of aryl methyl sites for hydroxylation is 2. The third kappa shape index (κ3) is 4.94. The predicted molar refractivity (Wildman–Crippen MR) is 141 cm³/mol. The van der Waals surface area contributed by atoms with Crippen molar-refractivity contribution in [2.24, 2.45) is 0 Å². The van der Waals surface area contributed by atoms with Crippen molar-refractivity contribution in [3.63, 3.8) is 0 Å². The first-order chi connectivity index (χ1) is 17.1. The van der Waals surface area contributed by atoms with Crippen molar-refractivity contribution >= 4 is 11.7 Å².